The molecule has 3 aliphatic heterocycles. The van der Waals surface area contributed by atoms with Crippen LogP contribution in [0.5, 0.6) is 0 Å². The van der Waals surface area contributed by atoms with E-state index < -0.39 is 0 Å². The number of fused-ring (bicyclic) bond motifs is 4. The molecule has 0 amide bonds. The Bertz CT molecular complexity index is 833. The van der Waals surface area contributed by atoms with E-state index >= 15 is 0 Å². The SMILES string of the molecule is CN1CCC(N2C[C@@H]3C[C@H](C2)c2c(-c4ccco4)ccc(=O)n2C3)CC1. The van der Waals surface area contributed by atoms with Crippen molar-refractivity contribution in [3.05, 3.63) is 46.6 Å². The fourth-order valence-corrected chi connectivity index (χ4v) is 5.35. The third-order valence-corrected chi connectivity index (χ3v) is 6.61. The zero-order valence-electron chi connectivity index (χ0n) is 15.4. The summed E-state index contributed by atoms with van der Waals surface area (Å²) in [5.74, 6) is 1.89. The molecule has 0 N–H and O–H groups in total. The van der Waals surface area contributed by atoms with Crippen LogP contribution in [0.3, 0.4) is 0 Å². The maximum Gasteiger partial charge on any atom is 0.250 e. The lowest BCUT2D eigenvalue weighted by Crippen LogP contribution is -2.53. The Balaban J connectivity index is 1.49. The van der Waals surface area contributed by atoms with Crippen LogP contribution in [0.25, 0.3) is 11.3 Å². The lowest BCUT2D eigenvalue weighted by molar-refractivity contribution is 0.0518. The summed E-state index contributed by atoms with van der Waals surface area (Å²) in [7, 11) is 2.22. The van der Waals surface area contributed by atoms with Crippen molar-refractivity contribution in [2.45, 2.75) is 37.8 Å². The normalized spacial score (nSPS) is 27.4. The summed E-state index contributed by atoms with van der Waals surface area (Å²) in [5.41, 5.74) is 2.43. The molecule has 26 heavy (non-hydrogen) atoms. The number of rotatable bonds is 2. The molecule has 0 aliphatic carbocycles. The van der Waals surface area contributed by atoms with Crippen LogP contribution in [0, 0.1) is 5.92 Å². The van der Waals surface area contributed by atoms with Crippen LogP contribution in [-0.2, 0) is 6.54 Å². The Kier molecular flexibility index (Phi) is 4.02. The van der Waals surface area contributed by atoms with Crippen LogP contribution < -0.4 is 5.56 Å². The van der Waals surface area contributed by atoms with Crippen LogP contribution in [0.2, 0.25) is 0 Å². The lowest BCUT2D eigenvalue weighted by atomic mass is 9.80. The molecule has 5 heteroatoms. The van der Waals surface area contributed by atoms with Gasteiger partial charge in [0.15, 0.2) is 0 Å². The Morgan fingerprint density at radius 2 is 1.92 bits per heavy atom. The van der Waals surface area contributed by atoms with Gasteiger partial charge in [0.2, 0.25) is 0 Å². The van der Waals surface area contributed by atoms with Crippen LogP contribution in [-0.4, -0.2) is 53.6 Å². The summed E-state index contributed by atoms with van der Waals surface area (Å²) in [6.07, 6.45) is 5.44. The minimum atomic E-state index is 0.137. The molecule has 138 valence electrons. The van der Waals surface area contributed by atoms with E-state index in [0.29, 0.717) is 17.9 Å². The largest absolute Gasteiger partial charge is 0.464 e. The third kappa shape index (κ3) is 2.74. The predicted molar refractivity (Wildman–Crippen MR) is 101 cm³/mol. The van der Waals surface area contributed by atoms with Gasteiger partial charge in [-0.1, -0.05) is 0 Å². The fourth-order valence-electron chi connectivity index (χ4n) is 5.35. The van der Waals surface area contributed by atoms with Gasteiger partial charge in [0.25, 0.3) is 5.56 Å². The minimum Gasteiger partial charge on any atom is -0.464 e. The summed E-state index contributed by atoms with van der Waals surface area (Å²) in [6, 6.07) is 8.29. The second-order valence-electron chi connectivity index (χ2n) is 8.35. The molecule has 5 heterocycles. The number of hydrogen-bond donors (Lipinski definition) is 0. The molecule has 2 aromatic heterocycles. The van der Waals surface area contributed by atoms with E-state index in [0.717, 1.165) is 31.0 Å². The average molecular weight is 353 g/mol. The van der Waals surface area contributed by atoms with Crippen molar-refractivity contribution >= 4 is 0 Å². The van der Waals surface area contributed by atoms with Crippen molar-refractivity contribution in [1.29, 1.82) is 0 Å². The molecule has 2 bridgehead atoms. The summed E-state index contributed by atoms with van der Waals surface area (Å²) >= 11 is 0. The molecule has 0 aromatic carbocycles. The van der Waals surface area contributed by atoms with Gasteiger partial charge in [-0.3, -0.25) is 9.69 Å². The molecule has 0 radical (unpaired) electrons. The van der Waals surface area contributed by atoms with Gasteiger partial charge < -0.3 is 13.9 Å². The van der Waals surface area contributed by atoms with Crippen LogP contribution >= 0.6 is 0 Å². The Morgan fingerprint density at radius 3 is 2.69 bits per heavy atom. The van der Waals surface area contributed by atoms with Gasteiger partial charge in [-0.2, -0.15) is 0 Å². The molecule has 2 aromatic rings. The van der Waals surface area contributed by atoms with Crippen molar-refractivity contribution in [1.82, 2.24) is 14.4 Å². The van der Waals surface area contributed by atoms with Crippen LogP contribution in [0.4, 0.5) is 0 Å². The molecule has 3 aliphatic rings. The molecule has 2 saturated heterocycles. The molecule has 5 nitrogen and oxygen atoms in total. The summed E-state index contributed by atoms with van der Waals surface area (Å²) < 4.78 is 7.71. The second kappa shape index (κ2) is 6.39. The molecule has 0 saturated carbocycles. The molecular formula is C21H27N3O2. The van der Waals surface area contributed by atoms with Gasteiger partial charge in [0.1, 0.15) is 5.76 Å². The highest BCUT2D eigenvalue weighted by Gasteiger charge is 2.39. The number of furan rings is 1. The first-order valence-corrected chi connectivity index (χ1v) is 9.89. The standard InChI is InChI=1S/C21H27N3O2/c1-22-8-6-17(7-9-22)23-12-15-11-16(14-23)21-18(19-3-2-10-26-19)4-5-20(25)24(21)13-15/h2-5,10,15-17H,6-9,11-14H2,1H3/t15-,16+/m0/s1. The van der Waals surface area contributed by atoms with Gasteiger partial charge in [0.05, 0.1) is 6.26 Å². The van der Waals surface area contributed by atoms with E-state index in [-0.39, 0.29) is 5.56 Å². The van der Waals surface area contributed by atoms with Crippen LogP contribution in [0.15, 0.2) is 39.7 Å². The second-order valence-corrected chi connectivity index (χ2v) is 8.35. The highest BCUT2D eigenvalue weighted by molar-refractivity contribution is 5.61. The summed E-state index contributed by atoms with van der Waals surface area (Å²) in [5, 5.41) is 0. The first kappa shape index (κ1) is 16.3. The van der Waals surface area contributed by atoms with Crippen molar-refractivity contribution in [3.63, 3.8) is 0 Å². The number of nitrogens with zero attached hydrogens (tertiary/aromatic N) is 3. The highest BCUT2D eigenvalue weighted by atomic mass is 16.3. The summed E-state index contributed by atoms with van der Waals surface area (Å²) in [4.78, 5) is 17.7. The van der Waals surface area contributed by atoms with Gasteiger partial charge in [-0.25, -0.2) is 0 Å². The van der Waals surface area contributed by atoms with E-state index in [9.17, 15) is 4.79 Å². The zero-order chi connectivity index (χ0) is 17.7. The fraction of sp³-hybridized carbons (Fsp3) is 0.571. The molecular weight excluding hydrogens is 326 g/mol. The number of piperidine rings is 2. The molecule has 2 fully saturated rings. The smallest absolute Gasteiger partial charge is 0.250 e. The average Bonchev–Trinajstić information content (AvgIpc) is 3.17. The van der Waals surface area contributed by atoms with Crippen molar-refractivity contribution in [2.75, 3.05) is 33.2 Å². The monoisotopic (exact) mass is 353 g/mol. The van der Waals surface area contributed by atoms with E-state index in [1.807, 2.05) is 22.8 Å². The van der Waals surface area contributed by atoms with E-state index in [2.05, 4.69) is 16.8 Å². The maximum atomic E-state index is 12.5. The quantitative estimate of drug-likeness (QED) is 0.832. The van der Waals surface area contributed by atoms with Gasteiger partial charge in [-0.05, 0) is 63.5 Å². The molecule has 2 atom stereocenters. The number of aromatic nitrogens is 1. The predicted octanol–water partition coefficient (Wildman–Crippen LogP) is 2.62. The minimum absolute atomic E-state index is 0.137. The Hall–Kier alpha value is -1.85. The zero-order valence-corrected chi connectivity index (χ0v) is 15.4. The molecule has 0 unspecified atom stereocenters. The lowest BCUT2D eigenvalue weighted by Gasteiger charge is -2.47. The number of likely N-dealkylation sites (tertiary alicyclic amines) is 2. The van der Waals surface area contributed by atoms with Gasteiger partial charge in [0, 0.05) is 48.9 Å². The topological polar surface area (TPSA) is 41.6 Å². The first-order chi connectivity index (χ1) is 12.7. The first-order valence-electron chi connectivity index (χ1n) is 9.89. The van der Waals surface area contributed by atoms with Crippen LogP contribution in [0.1, 0.15) is 30.9 Å². The van der Waals surface area contributed by atoms with Crippen molar-refractivity contribution in [3.8, 4) is 11.3 Å². The highest BCUT2D eigenvalue weighted by Crippen LogP contribution is 2.41. The number of hydrogen-bond acceptors (Lipinski definition) is 4. The van der Waals surface area contributed by atoms with Gasteiger partial charge >= 0.3 is 0 Å². The third-order valence-electron chi connectivity index (χ3n) is 6.61. The Morgan fingerprint density at radius 1 is 1.08 bits per heavy atom. The summed E-state index contributed by atoms with van der Waals surface area (Å²) in [6.45, 7) is 5.46. The van der Waals surface area contributed by atoms with Crippen molar-refractivity contribution < 1.29 is 4.42 Å². The van der Waals surface area contributed by atoms with E-state index in [1.54, 1.807) is 12.3 Å². The van der Waals surface area contributed by atoms with Crippen molar-refractivity contribution in [2.24, 2.45) is 5.92 Å². The maximum absolute atomic E-state index is 12.5. The van der Waals surface area contributed by atoms with E-state index in [4.69, 9.17) is 4.42 Å². The van der Waals surface area contributed by atoms with Gasteiger partial charge in [-0.15, -0.1) is 0 Å². The Labute approximate surface area is 154 Å². The number of pyridine rings is 1. The van der Waals surface area contributed by atoms with E-state index in [1.165, 1.54) is 38.0 Å². The molecule has 0 spiro atoms. The molecule has 5 rings (SSSR count).